The number of methoxy groups -OCH3 is 1. The zero-order valence-corrected chi connectivity index (χ0v) is 12.8. The van der Waals surface area contributed by atoms with Gasteiger partial charge in [-0.1, -0.05) is 11.6 Å². The molecular formula is C13H16ClN5O3. The van der Waals surface area contributed by atoms with Crippen molar-refractivity contribution in [3.63, 3.8) is 0 Å². The molecule has 0 fully saturated rings. The molecule has 1 heterocycles. The number of hydrogen-bond donors (Lipinski definition) is 1. The molecule has 2 rings (SSSR count). The minimum atomic E-state index is -0.197. The number of aromatic nitrogens is 4. The van der Waals surface area contributed by atoms with Crippen LogP contribution in [-0.2, 0) is 22.7 Å². The van der Waals surface area contributed by atoms with Crippen LogP contribution in [0.4, 0.5) is 0 Å². The standard InChI is InChI=1S/C13H16ClN5O3/c1-21-7-6-15-13(20)8-19-12(16-17-18-19)9-22-11-4-2-10(14)3-5-11/h2-5H,6-9H2,1H3,(H,15,20). The summed E-state index contributed by atoms with van der Waals surface area (Å²) in [5.74, 6) is 0.900. The Morgan fingerprint density at radius 2 is 2.14 bits per heavy atom. The summed E-state index contributed by atoms with van der Waals surface area (Å²) in [6.07, 6.45) is 0. The van der Waals surface area contributed by atoms with Crippen LogP contribution in [0.15, 0.2) is 24.3 Å². The van der Waals surface area contributed by atoms with E-state index in [0.29, 0.717) is 29.7 Å². The smallest absolute Gasteiger partial charge is 0.241 e. The Morgan fingerprint density at radius 3 is 2.86 bits per heavy atom. The monoisotopic (exact) mass is 325 g/mol. The lowest BCUT2D eigenvalue weighted by Crippen LogP contribution is -2.31. The molecule has 9 heteroatoms. The molecule has 22 heavy (non-hydrogen) atoms. The fraction of sp³-hybridized carbons (Fsp3) is 0.385. The summed E-state index contributed by atoms with van der Waals surface area (Å²) in [4.78, 5) is 11.7. The first-order chi connectivity index (χ1) is 10.7. The second-order valence-electron chi connectivity index (χ2n) is 4.34. The Bertz CT molecular complexity index is 602. The predicted octanol–water partition coefficient (Wildman–Crippen LogP) is 0.668. The molecule has 0 aliphatic carbocycles. The van der Waals surface area contributed by atoms with E-state index in [2.05, 4.69) is 20.8 Å². The van der Waals surface area contributed by atoms with Crippen molar-refractivity contribution in [1.82, 2.24) is 25.5 Å². The van der Waals surface area contributed by atoms with Gasteiger partial charge in [0, 0.05) is 18.7 Å². The highest BCUT2D eigenvalue weighted by molar-refractivity contribution is 6.30. The Morgan fingerprint density at radius 1 is 1.36 bits per heavy atom. The first kappa shape index (κ1) is 16.2. The highest BCUT2D eigenvalue weighted by atomic mass is 35.5. The average molecular weight is 326 g/mol. The van der Waals surface area contributed by atoms with E-state index in [4.69, 9.17) is 21.1 Å². The van der Waals surface area contributed by atoms with Crippen molar-refractivity contribution in [2.75, 3.05) is 20.3 Å². The third-order valence-corrected chi connectivity index (χ3v) is 2.96. The molecular weight excluding hydrogens is 310 g/mol. The summed E-state index contributed by atoms with van der Waals surface area (Å²) in [5.41, 5.74) is 0. The molecule has 0 saturated heterocycles. The minimum absolute atomic E-state index is 0.0238. The van der Waals surface area contributed by atoms with Crippen LogP contribution < -0.4 is 10.1 Å². The van der Waals surface area contributed by atoms with E-state index in [1.807, 2.05) is 0 Å². The maximum Gasteiger partial charge on any atom is 0.241 e. The number of ether oxygens (including phenoxy) is 2. The summed E-state index contributed by atoms with van der Waals surface area (Å²) in [5, 5.41) is 14.5. The van der Waals surface area contributed by atoms with Crippen molar-refractivity contribution in [3.8, 4) is 5.75 Å². The van der Waals surface area contributed by atoms with Gasteiger partial charge in [-0.3, -0.25) is 4.79 Å². The van der Waals surface area contributed by atoms with Gasteiger partial charge < -0.3 is 14.8 Å². The van der Waals surface area contributed by atoms with Crippen LogP contribution in [0, 0.1) is 0 Å². The fourth-order valence-electron chi connectivity index (χ4n) is 1.61. The third kappa shape index (κ3) is 4.97. The first-order valence-electron chi connectivity index (χ1n) is 6.58. The number of benzene rings is 1. The number of tetrazole rings is 1. The molecule has 0 saturated carbocycles. The van der Waals surface area contributed by atoms with Gasteiger partial charge in [-0.05, 0) is 34.7 Å². The van der Waals surface area contributed by atoms with Crippen LogP contribution in [0.25, 0.3) is 0 Å². The van der Waals surface area contributed by atoms with Gasteiger partial charge in [-0.2, -0.15) is 0 Å². The lowest BCUT2D eigenvalue weighted by Gasteiger charge is -2.07. The van der Waals surface area contributed by atoms with Crippen LogP contribution in [0.5, 0.6) is 5.75 Å². The number of rotatable bonds is 8. The van der Waals surface area contributed by atoms with Gasteiger partial charge in [0.05, 0.1) is 6.61 Å². The molecule has 2 aromatic rings. The van der Waals surface area contributed by atoms with Crippen molar-refractivity contribution in [2.24, 2.45) is 0 Å². The third-order valence-electron chi connectivity index (χ3n) is 2.71. The van der Waals surface area contributed by atoms with Crippen LogP contribution in [0.3, 0.4) is 0 Å². The summed E-state index contributed by atoms with van der Waals surface area (Å²) in [6, 6.07) is 6.94. The molecule has 0 unspecified atom stereocenters. The van der Waals surface area contributed by atoms with Crippen molar-refractivity contribution >= 4 is 17.5 Å². The van der Waals surface area contributed by atoms with Gasteiger partial charge in [-0.25, -0.2) is 4.68 Å². The SMILES string of the molecule is COCCNC(=O)Cn1nnnc1COc1ccc(Cl)cc1. The largest absolute Gasteiger partial charge is 0.486 e. The number of halogens is 1. The molecule has 0 aliphatic heterocycles. The predicted molar refractivity (Wildman–Crippen MR) is 78.5 cm³/mol. The molecule has 0 spiro atoms. The minimum Gasteiger partial charge on any atom is -0.486 e. The Hall–Kier alpha value is -2.19. The number of hydrogen-bond acceptors (Lipinski definition) is 6. The molecule has 0 atom stereocenters. The lowest BCUT2D eigenvalue weighted by atomic mass is 10.3. The van der Waals surface area contributed by atoms with E-state index in [-0.39, 0.29) is 19.1 Å². The van der Waals surface area contributed by atoms with Crippen molar-refractivity contribution in [1.29, 1.82) is 0 Å². The van der Waals surface area contributed by atoms with E-state index >= 15 is 0 Å². The lowest BCUT2D eigenvalue weighted by molar-refractivity contribution is -0.122. The molecule has 1 amide bonds. The topological polar surface area (TPSA) is 91.2 Å². The van der Waals surface area contributed by atoms with Gasteiger partial charge in [0.2, 0.25) is 5.91 Å². The molecule has 1 aromatic heterocycles. The Balaban J connectivity index is 1.86. The summed E-state index contributed by atoms with van der Waals surface area (Å²) >= 11 is 5.80. The quantitative estimate of drug-likeness (QED) is 0.717. The van der Waals surface area contributed by atoms with E-state index in [9.17, 15) is 4.79 Å². The Labute approximate surface area is 132 Å². The molecule has 0 aliphatic rings. The number of nitrogens with one attached hydrogen (secondary N) is 1. The second kappa shape index (κ2) is 8.30. The number of carbonyl (C=O) groups excluding carboxylic acids is 1. The van der Waals surface area contributed by atoms with Crippen LogP contribution in [0.1, 0.15) is 5.82 Å². The van der Waals surface area contributed by atoms with E-state index < -0.39 is 0 Å². The Kier molecular flexibility index (Phi) is 6.11. The summed E-state index contributed by atoms with van der Waals surface area (Å²) in [7, 11) is 1.57. The normalized spacial score (nSPS) is 10.5. The average Bonchev–Trinajstić information content (AvgIpc) is 2.94. The van der Waals surface area contributed by atoms with Gasteiger partial charge in [0.15, 0.2) is 5.82 Å². The molecule has 1 aromatic carbocycles. The fourth-order valence-corrected chi connectivity index (χ4v) is 1.74. The zero-order chi connectivity index (χ0) is 15.8. The van der Waals surface area contributed by atoms with Crippen LogP contribution in [0.2, 0.25) is 5.02 Å². The molecule has 118 valence electrons. The molecule has 0 bridgehead atoms. The van der Waals surface area contributed by atoms with E-state index in [1.165, 1.54) is 4.68 Å². The van der Waals surface area contributed by atoms with Gasteiger partial charge in [-0.15, -0.1) is 5.10 Å². The van der Waals surface area contributed by atoms with Crippen molar-refractivity contribution < 1.29 is 14.3 Å². The van der Waals surface area contributed by atoms with Gasteiger partial charge >= 0.3 is 0 Å². The van der Waals surface area contributed by atoms with Crippen molar-refractivity contribution in [2.45, 2.75) is 13.2 Å². The van der Waals surface area contributed by atoms with Crippen molar-refractivity contribution in [3.05, 3.63) is 35.1 Å². The molecule has 8 nitrogen and oxygen atoms in total. The van der Waals surface area contributed by atoms with Gasteiger partial charge in [0.25, 0.3) is 0 Å². The summed E-state index contributed by atoms with van der Waals surface area (Å²) in [6.45, 7) is 1.07. The summed E-state index contributed by atoms with van der Waals surface area (Å²) < 4.78 is 11.8. The van der Waals surface area contributed by atoms with Crippen LogP contribution >= 0.6 is 11.6 Å². The first-order valence-corrected chi connectivity index (χ1v) is 6.96. The maximum atomic E-state index is 11.7. The second-order valence-corrected chi connectivity index (χ2v) is 4.77. The molecule has 0 radical (unpaired) electrons. The number of carbonyl (C=O) groups is 1. The highest BCUT2D eigenvalue weighted by Gasteiger charge is 2.10. The van der Waals surface area contributed by atoms with E-state index in [0.717, 1.165) is 0 Å². The highest BCUT2D eigenvalue weighted by Crippen LogP contribution is 2.16. The van der Waals surface area contributed by atoms with Crippen LogP contribution in [-0.4, -0.2) is 46.4 Å². The van der Waals surface area contributed by atoms with E-state index in [1.54, 1.807) is 31.4 Å². The number of nitrogens with zero attached hydrogens (tertiary/aromatic N) is 4. The van der Waals surface area contributed by atoms with Gasteiger partial charge in [0.1, 0.15) is 18.9 Å². The maximum absolute atomic E-state index is 11.7. The zero-order valence-electron chi connectivity index (χ0n) is 12.0. The number of amides is 1. The molecule has 1 N–H and O–H groups in total.